The average molecular weight is 311 g/mol. The Kier molecular flexibility index (Phi) is 2.89. The molecule has 114 valence electrons. The van der Waals surface area contributed by atoms with E-state index in [9.17, 15) is 0 Å². The number of hydrogen-bond donors (Lipinski definition) is 1. The molecule has 0 saturated carbocycles. The smallest absolute Gasteiger partial charge is 0.196 e. The maximum atomic E-state index is 6.42. The van der Waals surface area contributed by atoms with Crippen LogP contribution in [0.3, 0.4) is 0 Å². The number of anilines is 1. The second-order valence-corrected chi connectivity index (χ2v) is 8.18. The molecule has 0 unspecified atom stereocenters. The molecular formula is C18H21N3S. The molecule has 2 heterocycles. The fraction of sp³-hybridized carbons (Fsp3) is 0.389. The van der Waals surface area contributed by atoms with E-state index in [1.165, 1.54) is 29.0 Å². The predicted molar refractivity (Wildman–Crippen MR) is 93.6 cm³/mol. The molecule has 0 amide bonds. The summed E-state index contributed by atoms with van der Waals surface area (Å²) in [5.74, 6) is 0.790. The summed E-state index contributed by atoms with van der Waals surface area (Å²) in [6.07, 6.45) is 3.54. The highest BCUT2D eigenvalue weighted by Gasteiger charge is 2.23. The number of nitrogens with zero attached hydrogens (tertiary/aromatic N) is 2. The minimum absolute atomic E-state index is 0.166. The van der Waals surface area contributed by atoms with E-state index in [-0.39, 0.29) is 5.41 Å². The number of aromatic nitrogens is 2. The van der Waals surface area contributed by atoms with Crippen molar-refractivity contribution in [1.29, 1.82) is 0 Å². The van der Waals surface area contributed by atoms with Crippen molar-refractivity contribution in [3.63, 3.8) is 0 Å². The lowest BCUT2D eigenvalue weighted by Gasteiger charge is -2.19. The normalized spacial score (nSPS) is 14.7. The quantitative estimate of drug-likeness (QED) is 0.722. The van der Waals surface area contributed by atoms with Crippen LogP contribution in [0.25, 0.3) is 16.2 Å². The highest BCUT2D eigenvalue weighted by Crippen LogP contribution is 2.37. The van der Waals surface area contributed by atoms with Gasteiger partial charge < -0.3 is 5.73 Å². The summed E-state index contributed by atoms with van der Waals surface area (Å²) in [6.45, 7) is 6.69. The Balaban J connectivity index is 1.81. The van der Waals surface area contributed by atoms with Crippen LogP contribution in [0.5, 0.6) is 0 Å². The number of nitrogens with two attached hydrogens (primary N) is 1. The lowest BCUT2D eigenvalue weighted by molar-refractivity contribution is 0.590. The van der Waals surface area contributed by atoms with Crippen LogP contribution >= 0.6 is 11.3 Å². The molecule has 4 heteroatoms. The lowest BCUT2D eigenvalue weighted by atomic mass is 9.86. The van der Waals surface area contributed by atoms with Crippen molar-refractivity contribution in [1.82, 2.24) is 9.38 Å². The van der Waals surface area contributed by atoms with Gasteiger partial charge in [-0.1, -0.05) is 45.0 Å². The molecule has 3 aromatic rings. The van der Waals surface area contributed by atoms with E-state index in [0.717, 1.165) is 28.5 Å². The number of benzene rings is 1. The van der Waals surface area contributed by atoms with Gasteiger partial charge >= 0.3 is 0 Å². The summed E-state index contributed by atoms with van der Waals surface area (Å²) >= 11 is 1.80. The molecule has 0 radical (unpaired) electrons. The largest absolute Gasteiger partial charge is 0.383 e. The molecule has 0 bridgehead atoms. The molecule has 1 aliphatic carbocycles. The van der Waals surface area contributed by atoms with Gasteiger partial charge in [0.25, 0.3) is 0 Å². The number of hydrogen-bond acceptors (Lipinski definition) is 3. The first-order valence-corrected chi connectivity index (χ1v) is 8.66. The molecule has 0 spiro atoms. The summed E-state index contributed by atoms with van der Waals surface area (Å²) in [5, 5.41) is 0. The van der Waals surface area contributed by atoms with Crippen LogP contribution in [0, 0.1) is 0 Å². The molecular weight excluding hydrogens is 290 g/mol. The first kappa shape index (κ1) is 13.8. The Morgan fingerprint density at radius 2 is 1.86 bits per heavy atom. The standard InChI is InChI=1S/C18H21N3S/c1-18(2,3)12-9-7-11(8-10-12)15-16(19)21-13-5-4-6-14(13)22-17(21)20-15/h7-10H,4-6,19H2,1-3H3. The predicted octanol–water partition coefficient (Wildman–Crippen LogP) is 4.43. The summed E-state index contributed by atoms with van der Waals surface area (Å²) in [7, 11) is 0. The molecule has 1 aliphatic rings. The van der Waals surface area contributed by atoms with Gasteiger partial charge in [-0.25, -0.2) is 4.98 Å². The monoisotopic (exact) mass is 311 g/mol. The van der Waals surface area contributed by atoms with Crippen LogP contribution in [0.2, 0.25) is 0 Å². The molecule has 0 fully saturated rings. The zero-order valence-electron chi connectivity index (χ0n) is 13.3. The SMILES string of the molecule is CC(C)(C)c1ccc(-c2nc3sc4c(n3c2N)CCC4)cc1. The number of fused-ring (bicyclic) bond motifs is 3. The van der Waals surface area contributed by atoms with Crippen molar-refractivity contribution in [2.45, 2.75) is 45.4 Å². The minimum atomic E-state index is 0.166. The van der Waals surface area contributed by atoms with Gasteiger partial charge in [0.2, 0.25) is 0 Å². The number of imidazole rings is 1. The number of aryl methyl sites for hydroxylation is 2. The molecule has 4 rings (SSSR count). The van der Waals surface area contributed by atoms with Crippen LogP contribution in [-0.2, 0) is 18.3 Å². The third-order valence-electron chi connectivity index (χ3n) is 4.53. The Labute approximate surface area is 134 Å². The van der Waals surface area contributed by atoms with Gasteiger partial charge in [0, 0.05) is 16.1 Å². The van der Waals surface area contributed by atoms with Crippen molar-refractivity contribution in [2.24, 2.45) is 0 Å². The first-order valence-electron chi connectivity index (χ1n) is 7.84. The van der Waals surface area contributed by atoms with E-state index in [1.807, 2.05) is 0 Å². The Morgan fingerprint density at radius 3 is 2.55 bits per heavy atom. The van der Waals surface area contributed by atoms with Gasteiger partial charge in [-0.05, 0) is 30.2 Å². The highest BCUT2D eigenvalue weighted by atomic mass is 32.1. The maximum Gasteiger partial charge on any atom is 0.196 e. The van der Waals surface area contributed by atoms with Gasteiger partial charge in [0.1, 0.15) is 11.5 Å². The lowest BCUT2D eigenvalue weighted by Crippen LogP contribution is -2.10. The Bertz CT molecular complexity index is 847. The summed E-state index contributed by atoms with van der Waals surface area (Å²) < 4.78 is 2.17. The van der Waals surface area contributed by atoms with E-state index >= 15 is 0 Å². The van der Waals surface area contributed by atoms with Gasteiger partial charge in [-0.3, -0.25) is 4.40 Å². The first-order chi connectivity index (χ1) is 10.4. The molecule has 0 aliphatic heterocycles. The van der Waals surface area contributed by atoms with Gasteiger partial charge in [-0.15, -0.1) is 11.3 Å². The van der Waals surface area contributed by atoms with E-state index in [0.29, 0.717) is 0 Å². The van der Waals surface area contributed by atoms with Crippen molar-refractivity contribution in [2.75, 3.05) is 5.73 Å². The van der Waals surface area contributed by atoms with Crippen LogP contribution in [0.4, 0.5) is 5.82 Å². The van der Waals surface area contributed by atoms with E-state index in [1.54, 1.807) is 11.3 Å². The Hall–Kier alpha value is -1.81. The van der Waals surface area contributed by atoms with Crippen LogP contribution < -0.4 is 5.73 Å². The van der Waals surface area contributed by atoms with E-state index in [2.05, 4.69) is 49.4 Å². The molecule has 2 aromatic heterocycles. The fourth-order valence-corrected chi connectivity index (χ4v) is 4.45. The second kappa shape index (κ2) is 4.59. The summed E-state index contributed by atoms with van der Waals surface area (Å²) in [5.41, 5.74) is 11.3. The third-order valence-corrected chi connectivity index (χ3v) is 5.67. The molecule has 22 heavy (non-hydrogen) atoms. The summed E-state index contributed by atoms with van der Waals surface area (Å²) in [6, 6.07) is 8.66. The number of nitrogen functional groups attached to an aromatic ring is 1. The van der Waals surface area contributed by atoms with E-state index in [4.69, 9.17) is 10.7 Å². The summed E-state index contributed by atoms with van der Waals surface area (Å²) in [4.78, 5) is 7.30. The van der Waals surface area contributed by atoms with Gasteiger partial charge in [0.05, 0.1) is 0 Å². The second-order valence-electron chi connectivity index (χ2n) is 7.12. The molecule has 0 atom stereocenters. The topological polar surface area (TPSA) is 43.3 Å². The van der Waals surface area contributed by atoms with Crippen molar-refractivity contribution in [3.8, 4) is 11.3 Å². The van der Waals surface area contributed by atoms with Crippen LogP contribution in [-0.4, -0.2) is 9.38 Å². The molecule has 1 aromatic carbocycles. The fourth-order valence-electron chi connectivity index (χ4n) is 3.24. The zero-order chi connectivity index (χ0) is 15.5. The molecule has 3 nitrogen and oxygen atoms in total. The highest BCUT2D eigenvalue weighted by molar-refractivity contribution is 7.17. The van der Waals surface area contributed by atoms with Crippen LogP contribution in [0.1, 0.15) is 43.3 Å². The third kappa shape index (κ3) is 1.97. The molecule has 2 N–H and O–H groups in total. The van der Waals surface area contributed by atoms with Crippen molar-refractivity contribution >= 4 is 22.1 Å². The van der Waals surface area contributed by atoms with E-state index < -0.39 is 0 Å². The number of thiazole rings is 1. The Morgan fingerprint density at radius 1 is 1.14 bits per heavy atom. The zero-order valence-corrected chi connectivity index (χ0v) is 14.1. The van der Waals surface area contributed by atoms with Gasteiger partial charge in [-0.2, -0.15) is 0 Å². The van der Waals surface area contributed by atoms with Crippen LogP contribution in [0.15, 0.2) is 24.3 Å². The van der Waals surface area contributed by atoms with Crippen molar-refractivity contribution < 1.29 is 0 Å². The minimum Gasteiger partial charge on any atom is -0.383 e. The number of rotatable bonds is 1. The van der Waals surface area contributed by atoms with Crippen molar-refractivity contribution in [3.05, 3.63) is 40.4 Å². The maximum absolute atomic E-state index is 6.42. The van der Waals surface area contributed by atoms with Gasteiger partial charge in [0.15, 0.2) is 4.96 Å². The molecule has 0 saturated heterocycles. The average Bonchev–Trinajstić information content (AvgIpc) is 3.10.